The molecule has 2 heterocycles. The lowest BCUT2D eigenvalue weighted by atomic mass is 10.00. The predicted octanol–water partition coefficient (Wildman–Crippen LogP) is 6.50. The molecule has 1 aliphatic heterocycles. The Morgan fingerprint density at radius 2 is 1.78 bits per heavy atom. The fourth-order valence-corrected chi connectivity index (χ4v) is 4.56. The summed E-state index contributed by atoms with van der Waals surface area (Å²) in [6, 6.07) is 16.7. The Labute approximate surface area is 207 Å². The van der Waals surface area contributed by atoms with Gasteiger partial charge in [-0.3, -0.25) is 9.88 Å². The molecule has 5 nitrogen and oxygen atoms in total. The second-order valence-corrected chi connectivity index (χ2v) is 8.97. The first-order valence-electron chi connectivity index (χ1n) is 11.8. The Hall–Kier alpha value is -3.46. The van der Waals surface area contributed by atoms with Gasteiger partial charge < -0.3 is 10.2 Å². The molecular formula is C27H28F4N4O. The number of anilines is 1. The SMILES string of the molecule is CC(c1ccccn1)N1CCC(N(Cc2ccccc2)C(=O)Nc2cc(F)cc(C(F)(F)F)c2)CC1. The van der Waals surface area contributed by atoms with Crippen LogP contribution in [0.4, 0.5) is 28.0 Å². The van der Waals surface area contributed by atoms with Crippen LogP contribution in [0.3, 0.4) is 0 Å². The second kappa shape index (κ2) is 11.1. The smallest absolute Gasteiger partial charge is 0.317 e. The zero-order valence-electron chi connectivity index (χ0n) is 19.9. The molecule has 1 unspecified atom stereocenters. The van der Waals surface area contributed by atoms with Crippen LogP contribution in [-0.2, 0) is 12.7 Å². The van der Waals surface area contributed by atoms with E-state index < -0.39 is 23.6 Å². The highest BCUT2D eigenvalue weighted by Crippen LogP contribution is 2.32. The van der Waals surface area contributed by atoms with E-state index >= 15 is 0 Å². The average molecular weight is 501 g/mol. The molecule has 0 radical (unpaired) electrons. The van der Waals surface area contributed by atoms with Gasteiger partial charge in [-0.15, -0.1) is 0 Å². The van der Waals surface area contributed by atoms with Crippen molar-refractivity contribution in [1.29, 1.82) is 0 Å². The summed E-state index contributed by atoms with van der Waals surface area (Å²) in [6.45, 7) is 3.85. The summed E-state index contributed by atoms with van der Waals surface area (Å²) in [7, 11) is 0. The minimum atomic E-state index is -4.72. The molecule has 2 aromatic carbocycles. The number of hydrogen-bond acceptors (Lipinski definition) is 3. The maximum Gasteiger partial charge on any atom is 0.416 e. The summed E-state index contributed by atoms with van der Waals surface area (Å²) in [5.74, 6) is -1.06. The first-order chi connectivity index (χ1) is 17.2. The molecular weight excluding hydrogens is 472 g/mol. The maximum atomic E-state index is 13.9. The number of carbonyl (C=O) groups excluding carboxylic acids is 1. The Bertz CT molecular complexity index is 1150. The number of alkyl halides is 3. The Balaban J connectivity index is 1.50. The van der Waals surface area contributed by atoms with E-state index in [0.29, 0.717) is 18.9 Å². The second-order valence-electron chi connectivity index (χ2n) is 8.97. The first-order valence-corrected chi connectivity index (χ1v) is 11.8. The van der Waals surface area contributed by atoms with E-state index in [1.165, 1.54) is 0 Å². The highest BCUT2D eigenvalue weighted by Gasteiger charge is 2.33. The van der Waals surface area contributed by atoms with E-state index in [1.54, 1.807) is 11.1 Å². The number of carbonyl (C=O) groups is 1. The Morgan fingerprint density at radius 3 is 2.42 bits per heavy atom. The van der Waals surface area contributed by atoms with Gasteiger partial charge in [-0.1, -0.05) is 36.4 Å². The van der Waals surface area contributed by atoms with Crippen molar-refractivity contribution in [3.8, 4) is 0 Å². The third kappa shape index (κ3) is 6.40. The molecule has 4 rings (SSSR count). The molecule has 1 saturated heterocycles. The summed E-state index contributed by atoms with van der Waals surface area (Å²) in [6.07, 6.45) is -1.58. The molecule has 36 heavy (non-hydrogen) atoms. The topological polar surface area (TPSA) is 48.5 Å². The van der Waals surface area contributed by atoms with Crippen molar-refractivity contribution in [2.75, 3.05) is 18.4 Å². The van der Waals surface area contributed by atoms with Crippen molar-refractivity contribution >= 4 is 11.7 Å². The van der Waals surface area contributed by atoms with Crippen molar-refractivity contribution < 1.29 is 22.4 Å². The van der Waals surface area contributed by atoms with Gasteiger partial charge in [0.05, 0.1) is 11.3 Å². The molecule has 1 aliphatic rings. The van der Waals surface area contributed by atoms with Crippen LogP contribution in [0.2, 0.25) is 0 Å². The number of halogens is 4. The third-order valence-electron chi connectivity index (χ3n) is 6.54. The van der Waals surface area contributed by atoms with Gasteiger partial charge in [-0.25, -0.2) is 9.18 Å². The Morgan fingerprint density at radius 1 is 1.08 bits per heavy atom. The summed E-state index contributed by atoms with van der Waals surface area (Å²) in [5, 5.41) is 2.50. The molecule has 0 saturated carbocycles. The third-order valence-corrected chi connectivity index (χ3v) is 6.54. The number of pyridine rings is 1. The van der Waals surface area contributed by atoms with Crippen molar-refractivity contribution in [2.24, 2.45) is 0 Å². The van der Waals surface area contributed by atoms with Crippen molar-refractivity contribution in [1.82, 2.24) is 14.8 Å². The molecule has 1 fully saturated rings. The van der Waals surface area contributed by atoms with E-state index in [2.05, 4.69) is 22.1 Å². The van der Waals surface area contributed by atoms with E-state index in [1.807, 2.05) is 48.5 Å². The van der Waals surface area contributed by atoms with Gasteiger partial charge in [-0.05, 0) is 55.7 Å². The molecule has 1 aromatic heterocycles. The number of benzene rings is 2. The van der Waals surface area contributed by atoms with Crippen LogP contribution in [0.15, 0.2) is 72.9 Å². The molecule has 1 N–H and O–H groups in total. The van der Waals surface area contributed by atoms with Crippen LogP contribution in [0.1, 0.15) is 42.6 Å². The quantitative estimate of drug-likeness (QED) is 0.393. The number of piperidine rings is 1. The van der Waals surface area contributed by atoms with Crippen molar-refractivity contribution in [3.63, 3.8) is 0 Å². The summed E-state index contributed by atoms with van der Waals surface area (Å²) >= 11 is 0. The van der Waals surface area contributed by atoms with Gasteiger partial charge in [0, 0.05) is 43.6 Å². The molecule has 9 heteroatoms. The number of likely N-dealkylation sites (tertiary alicyclic amines) is 1. The van der Waals surface area contributed by atoms with Gasteiger partial charge in [0.2, 0.25) is 0 Å². The number of aromatic nitrogens is 1. The monoisotopic (exact) mass is 500 g/mol. The van der Waals surface area contributed by atoms with Gasteiger partial charge in [0.25, 0.3) is 0 Å². The van der Waals surface area contributed by atoms with Gasteiger partial charge in [0.15, 0.2) is 0 Å². The molecule has 0 bridgehead atoms. The number of rotatable bonds is 6. The first kappa shape index (κ1) is 25.6. The normalized spacial score (nSPS) is 15.9. The standard InChI is InChI=1S/C27H28F4N4O/c1-19(25-9-5-6-12-32-25)34-13-10-24(11-14-34)35(18-20-7-3-2-4-8-20)26(36)33-23-16-21(27(29,30)31)15-22(28)17-23/h2-9,12,15-17,19,24H,10-11,13-14,18H2,1H3,(H,33,36). The number of urea groups is 1. The van der Waals surface area contributed by atoms with E-state index in [9.17, 15) is 22.4 Å². The lowest BCUT2D eigenvalue weighted by Gasteiger charge is -2.40. The minimum absolute atomic E-state index is 0.122. The summed E-state index contributed by atoms with van der Waals surface area (Å²) < 4.78 is 53.3. The summed E-state index contributed by atoms with van der Waals surface area (Å²) in [4.78, 5) is 21.7. The molecule has 2 amide bonds. The highest BCUT2D eigenvalue weighted by molar-refractivity contribution is 5.89. The lowest BCUT2D eigenvalue weighted by Crippen LogP contribution is -2.48. The minimum Gasteiger partial charge on any atom is -0.317 e. The summed E-state index contributed by atoms with van der Waals surface area (Å²) in [5.41, 5.74) is 0.490. The highest BCUT2D eigenvalue weighted by atomic mass is 19.4. The molecule has 1 atom stereocenters. The van der Waals surface area contributed by atoms with Crippen LogP contribution in [0.5, 0.6) is 0 Å². The fraction of sp³-hybridized carbons (Fsp3) is 0.333. The van der Waals surface area contributed by atoms with E-state index in [4.69, 9.17) is 0 Å². The average Bonchev–Trinajstić information content (AvgIpc) is 2.87. The molecule has 0 aliphatic carbocycles. The van der Waals surface area contributed by atoms with Crippen molar-refractivity contribution in [2.45, 2.75) is 44.6 Å². The number of nitrogens with one attached hydrogen (secondary N) is 1. The number of nitrogens with zero attached hydrogens (tertiary/aromatic N) is 3. The molecule has 190 valence electrons. The largest absolute Gasteiger partial charge is 0.416 e. The van der Waals surface area contributed by atoms with Crippen LogP contribution >= 0.6 is 0 Å². The van der Waals surface area contributed by atoms with Crippen LogP contribution in [0.25, 0.3) is 0 Å². The van der Waals surface area contributed by atoms with Gasteiger partial charge in [-0.2, -0.15) is 13.2 Å². The van der Waals surface area contributed by atoms with Crippen LogP contribution in [0, 0.1) is 5.82 Å². The van der Waals surface area contributed by atoms with Crippen molar-refractivity contribution in [3.05, 3.63) is 95.6 Å². The van der Waals surface area contributed by atoms with Crippen LogP contribution in [-0.4, -0.2) is 39.9 Å². The fourth-order valence-electron chi connectivity index (χ4n) is 4.56. The van der Waals surface area contributed by atoms with Gasteiger partial charge >= 0.3 is 12.2 Å². The lowest BCUT2D eigenvalue weighted by molar-refractivity contribution is -0.137. The van der Waals surface area contributed by atoms with Gasteiger partial charge in [0.1, 0.15) is 5.82 Å². The zero-order valence-corrected chi connectivity index (χ0v) is 19.9. The molecule has 0 spiro atoms. The predicted molar refractivity (Wildman–Crippen MR) is 130 cm³/mol. The number of amides is 2. The van der Waals surface area contributed by atoms with Crippen LogP contribution < -0.4 is 5.32 Å². The zero-order chi connectivity index (χ0) is 25.7. The molecule has 3 aromatic rings. The van der Waals surface area contributed by atoms with E-state index in [0.717, 1.165) is 36.5 Å². The van der Waals surface area contributed by atoms with E-state index in [-0.39, 0.29) is 24.3 Å². The Kier molecular flexibility index (Phi) is 7.88. The number of hydrogen-bond donors (Lipinski definition) is 1. The maximum absolute atomic E-state index is 13.9.